The Morgan fingerprint density at radius 3 is 2.68 bits per heavy atom. The third-order valence-electron chi connectivity index (χ3n) is 3.60. The molecule has 1 amide bonds. The SMILES string of the molecule is CCCc1sc(NC(=O)c2cccc(Br)c2)nc1-c1ccc(F)cc1. The number of aromatic nitrogens is 1. The van der Waals surface area contributed by atoms with E-state index in [1.807, 2.05) is 12.1 Å². The molecule has 3 nitrogen and oxygen atoms in total. The highest BCUT2D eigenvalue weighted by Crippen LogP contribution is 2.32. The van der Waals surface area contributed by atoms with Crippen LogP contribution in [0.25, 0.3) is 11.3 Å². The number of halogens is 2. The van der Waals surface area contributed by atoms with Gasteiger partial charge in [0.25, 0.3) is 5.91 Å². The number of nitrogens with one attached hydrogen (secondary N) is 1. The number of anilines is 1. The molecule has 0 aliphatic rings. The van der Waals surface area contributed by atoms with Crippen LogP contribution in [0.15, 0.2) is 53.0 Å². The predicted octanol–water partition coefficient (Wildman–Crippen LogP) is 5.92. The number of aryl methyl sites for hydroxylation is 1. The minimum Gasteiger partial charge on any atom is -0.298 e. The lowest BCUT2D eigenvalue weighted by molar-refractivity contribution is 0.102. The highest BCUT2D eigenvalue weighted by molar-refractivity contribution is 9.10. The first-order valence-corrected chi connectivity index (χ1v) is 9.50. The van der Waals surface area contributed by atoms with E-state index in [1.54, 1.807) is 24.3 Å². The monoisotopic (exact) mass is 418 g/mol. The molecule has 0 atom stereocenters. The van der Waals surface area contributed by atoms with Gasteiger partial charge in [-0.15, -0.1) is 11.3 Å². The summed E-state index contributed by atoms with van der Waals surface area (Å²) in [5.41, 5.74) is 2.21. The Hall–Kier alpha value is -2.05. The third-order valence-corrected chi connectivity index (χ3v) is 5.12. The maximum absolute atomic E-state index is 13.2. The molecule has 128 valence electrons. The second-order valence-electron chi connectivity index (χ2n) is 5.51. The molecule has 0 aliphatic carbocycles. The van der Waals surface area contributed by atoms with Gasteiger partial charge >= 0.3 is 0 Å². The molecular formula is C19H16BrFN2OS. The van der Waals surface area contributed by atoms with Gasteiger partial charge in [-0.1, -0.05) is 35.3 Å². The number of nitrogens with zero attached hydrogens (tertiary/aromatic N) is 1. The van der Waals surface area contributed by atoms with Crippen molar-refractivity contribution < 1.29 is 9.18 Å². The lowest BCUT2D eigenvalue weighted by atomic mass is 10.1. The molecule has 0 unspecified atom stereocenters. The van der Waals surface area contributed by atoms with Gasteiger partial charge in [-0.05, 0) is 48.9 Å². The molecule has 0 saturated heterocycles. The zero-order valence-electron chi connectivity index (χ0n) is 13.6. The van der Waals surface area contributed by atoms with Crippen molar-refractivity contribution in [3.63, 3.8) is 0 Å². The smallest absolute Gasteiger partial charge is 0.257 e. The molecule has 6 heteroatoms. The number of hydrogen-bond donors (Lipinski definition) is 1. The Kier molecular flexibility index (Phi) is 5.60. The molecule has 0 radical (unpaired) electrons. The van der Waals surface area contributed by atoms with Crippen molar-refractivity contribution in [1.82, 2.24) is 4.98 Å². The van der Waals surface area contributed by atoms with Crippen LogP contribution in [-0.4, -0.2) is 10.9 Å². The van der Waals surface area contributed by atoms with Gasteiger partial charge in [-0.25, -0.2) is 9.37 Å². The summed E-state index contributed by atoms with van der Waals surface area (Å²) in [6.45, 7) is 2.09. The Morgan fingerprint density at radius 1 is 1.24 bits per heavy atom. The first-order valence-electron chi connectivity index (χ1n) is 7.89. The second-order valence-corrected chi connectivity index (χ2v) is 7.51. The minimum atomic E-state index is -0.279. The molecule has 25 heavy (non-hydrogen) atoms. The highest BCUT2D eigenvalue weighted by atomic mass is 79.9. The first kappa shape index (κ1) is 17.8. The zero-order valence-corrected chi connectivity index (χ0v) is 16.0. The summed E-state index contributed by atoms with van der Waals surface area (Å²) < 4.78 is 14.0. The topological polar surface area (TPSA) is 42.0 Å². The Labute approximate surface area is 158 Å². The molecular weight excluding hydrogens is 403 g/mol. The fourth-order valence-electron chi connectivity index (χ4n) is 2.43. The van der Waals surface area contributed by atoms with Crippen LogP contribution in [0.2, 0.25) is 0 Å². The van der Waals surface area contributed by atoms with Gasteiger partial charge in [-0.3, -0.25) is 10.1 Å². The Morgan fingerprint density at radius 2 is 2.00 bits per heavy atom. The molecule has 2 aromatic carbocycles. The lowest BCUT2D eigenvalue weighted by Crippen LogP contribution is -2.11. The van der Waals surface area contributed by atoms with Crippen LogP contribution < -0.4 is 5.32 Å². The maximum atomic E-state index is 13.2. The van der Waals surface area contributed by atoms with Crippen LogP contribution in [0.3, 0.4) is 0 Å². The number of carbonyl (C=O) groups excluding carboxylic acids is 1. The largest absolute Gasteiger partial charge is 0.298 e. The van der Waals surface area contributed by atoms with Crippen molar-refractivity contribution in [2.75, 3.05) is 5.32 Å². The van der Waals surface area contributed by atoms with Gasteiger partial charge in [0, 0.05) is 20.5 Å². The molecule has 0 spiro atoms. The van der Waals surface area contributed by atoms with E-state index in [-0.39, 0.29) is 11.7 Å². The average Bonchev–Trinajstić information content (AvgIpc) is 2.98. The molecule has 0 aliphatic heterocycles. The normalized spacial score (nSPS) is 10.7. The molecule has 3 aromatic rings. The van der Waals surface area contributed by atoms with Crippen molar-refractivity contribution in [2.45, 2.75) is 19.8 Å². The lowest BCUT2D eigenvalue weighted by Gasteiger charge is -2.02. The van der Waals surface area contributed by atoms with Crippen LogP contribution >= 0.6 is 27.3 Å². The van der Waals surface area contributed by atoms with E-state index in [2.05, 4.69) is 33.2 Å². The van der Waals surface area contributed by atoms with Crippen molar-refractivity contribution in [1.29, 1.82) is 0 Å². The minimum absolute atomic E-state index is 0.205. The molecule has 3 rings (SSSR count). The summed E-state index contributed by atoms with van der Waals surface area (Å²) >= 11 is 4.83. The van der Waals surface area contributed by atoms with E-state index in [0.29, 0.717) is 10.7 Å². The number of amides is 1. The van der Waals surface area contributed by atoms with E-state index in [9.17, 15) is 9.18 Å². The number of carbonyl (C=O) groups is 1. The van der Waals surface area contributed by atoms with Crippen LogP contribution in [-0.2, 0) is 6.42 Å². The van der Waals surface area contributed by atoms with E-state index in [0.717, 1.165) is 33.4 Å². The molecule has 1 heterocycles. The predicted molar refractivity (Wildman–Crippen MR) is 104 cm³/mol. The summed E-state index contributed by atoms with van der Waals surface area (Å²) in [7, 11) is 0. The van der Waals surface area contributed by atoms with E-state index < -0.39 is 0 Å². The van der Waals surface area contributed by atoms with Gasteiger partial charge < -0.3 is 0 Å². The van der Waals surface area contributed by atoms with Crippen LogP contribution in [0, 0.1) is 5.82 Å². The summed E-state index contributed by atoms with van der Waals surface area (Å²) in [5.74, 6) is -0.483. The van der Waals surface area contributed by atoms with Crippen molar-refractivity contribution >= 4 is 38.3 Å². The van der Waals surface area contributed by atoms with Gasteiger partial charge in [0.2, 0.25) is 0 Å². The number of benzene rings is 2. The number of thiazole rings is 1. The third kappa shape index (κ3) is 4.32. The summed E-state index contributed by atoms with van der Waals surface area (Å²) in [6, 6.07) is 13.5. The first-order chi connectivity index (χ1) is 12.1. The Balaban J connectivity index is 1.88. The van der Waals surface area contributed by atoms with Crippen molar-refractivity contribution in [2.24, 2.45) is 0 Å². The summed E-state index contributed by atoms with van der Waals surface area (Å²) in [6.07, 6.45) is 1.83. The molecule has 0 fully saturated rings. The van der Waals surface area contributed by atoms with Crippen LogP contribution in [0.5, 0.6) is 0 Å². The van der Waals surface area contributed by atoms with Crippen molar-refractivity contribution in [3.05, 3.63) is 69.3 Å². The van der Waals surface area contributed by atoms with Gasteiger partial charge in [-0.2, -0.15) is 0 Å². The standard InChI is InChI=1S/C19H16BrFN2OS/c1-2-4-16-17(12-7-9-15(21)10-8-12)22-19(25-16)23-18(24)13-5-3-6-14(20)11-13/h3,5-11H,2,4H2,1H3,(H,22,23,24). The van der Waals surface area contributed by atoms with Gasteiger partial charge in [0.1, 0.15) is 5.82 Å². The summed E-state index contributed by atoms with van der Waals surface area (Å²) in [4.78, 5) is 18.1. The second kappa shape index (κ2) is 7.89. The van der Waals surface area contributed by atoms with E-state index in [4.69, 9.17) is 0 Å². The van der Waals surface area contributed by atoms with E-state index >= 15 is 0 Å². The van der Waals surface area contributed by atoms with Crippen LogP contribution in [0.1, 0.15) is 28.6 Å². The maximum Gasteiger partial charge on any atom is 0.257 e. The van der Waals surface area contributed by atoms with Crippen LogP contribution in [0.4, 0.5) is 9.52 Å². The molecule has 0 bridgehead atoms. The quantitative estimate of drug-likeness (QED) is 0.558. The number of hydrogen-bond acceptors (Lipinski definition) is 3. The molecule has 1 aromatic heterocycles. The Bertz CT molecular complexity index is 893. The number of rotatable bonds is 5. The van der Waals surface area contributed by atoms with Crippen molar-refractivity contribution in [3.8, 4) is 11.3 Å². The molecule has 1 N–H and O–H groups in total. The fraction of sp³-hybridized carbons (Fsp3) is 0.158. The zero-order chi connectivity index (χ0) is 17.8. The molecule has 0 saturated carbocycles. The van der Waals surface area contributed by atoms with Gasteiger partial charge in [0.05, 0.1) is 5.69 Å². The van der Waals surface area contributed by atoms with Gasteiger partial charge in [0.15, 0.2) is 5.13 Å². The highest BCUT2D eigenvalue weighted by Gasteiger charge is 2.15. The summed E-state index contributed by atoms with van der Waals surface area (Å²) in [5, 5.41) is 3.41. The fourth-order valence-corrected chi connectivity index (χ4v) is 3.91. The van der Waals surface area contributed by atoms with E-state index in [1.165, 1.54) is 23.5 Å². The average molecular weight is 419 g/mol.